The Morgan fingerprint density at radius 3 is 2.38 bits per heavy atom. The van der Waals surface area contributed by atoms with Crippen LogP contribution in [0.4, 0.5) is 5.69 Å². The zero-order chi connectivity index (χ0) is 23.3. The van der Waals surface area contributed by atoms with Crippen LogP contribution in [-0.2, 0) is 11.2 Å². The zero-order valence-corrected chi connectivity index (χ0v) is 18.6. The summed E-state index contributed by atoms with van der Waals surface area (Å²) in [7, 11) is 3.00. The van der Waals surface area contributed by atoms with Crippen molar-refractivity contribution < 1.29 is 23.9 Å². The van der Waals surface area contributed by atoms with Crippen molar-refractivity contribution in [3.05, 3.63) is 91.7 Å². The van der Waals surface area contributed by atoms with E-state index >= 15 is 0 Å². The van der Waals surface area contributed by atoms with E-state index in [0.717, 1.165) is 6.07 Å². The first-order valence-electron chi connectivity index (χ1n) is 9.29. The number of aromatic nitrogens is 1. The second kappa shape index (κ2) is 10.3. The summed E-state index contributed by atoms with van der Waals surface area (Å²) in [5.74, 6) is 0.197. The molecule has 0 aliphatic carbocycles. The average Bonchev–Trinajstić information content (AvgIpc) is 2.80. The summed E-state index contributed by atoms with van der Waals surface area (Å²) >= 11 is 12.5. The van der Waals surface area contributed by atoms with Gasteiger partial charge in [-0.2, -0.15) is 0 Å². The van der Waals surface area contributed by atoms with E-state index < -0.39 is 17.0 Å². The van der Waals surface area contributed by atoms with Gasteiger partial charge in [-0.3, -0.25) is 15.1 Å². The second-order valence-corrected chi connectivity index (χ2v) is 7.42. The van der Waals surface area contributed by atoms with E-state index in [1.54, 1.807) is 18.2 Å². The number of nitro benzene ring substituents is 1. The molecule has 0 spiro atoms. The number of ether oxygens (including phenoxy) is 3. The molecule has 3 rings (SSSR count). The molecule has 0 saturated heterocycles. The number of hydrogen-bond donors (Lipinski definition) is 0. The van der Waals surface area contributed by atoms with E-state index in [9.17, 15) is 14.9 Å². The van der Waals surface area contributed by atoms with E-state index in [2.05, 4.69) is 4.98 Å². The maximum Gasteiger partial charge on any atom is 0.339 e. The Kier molecular flexibility index (Phi) is 7.50. The van der Waals surface area contributed by atoms with Crippen LogP contribution in [0, 0.1) is 10.1 Å². The quantitative estimate of drug-likeness (QED) is 0.241. The minimum atomic E-state index is -0.834. The third-order valence-corrected chi connectivity index (χ3v) is 5.31. The lowest BCUT2D eigenvalue weighted by atomic mass is 10.0. The van der Waals surface area contributed by atoms with Crippen molar-refractivity contribution in [3.8, 4) is 11.5 Å². The number of hydrogen-bond acceptors (Lipinski definition) is 7. The number of nitrogens with zero attached hydrogens (tertiary/aromatic N) is 2. The molecule has 1 heterocycles. The highest BCUT2D eigenvalue weighted by molar-refractivity contribution is 6.35. The lowest BCUT2D eigenvalue weighted by Crippen LogP contribution is -2.15. The van der Waals surface area contributed by atoms with E-state index in [1.165, 1.54) is 44.8 Å². The molecule has 1 atom stereocenters. The van der Waals surface area contributed by atoms with Gasteiger partial charge in [0, 0.05) is 30.9 Å². The van der Waals surface area contributed by atoms with Gasteiger partial charge in [0.15, 0.2) is 11.5 Å². The Labute approximate surface area is 193 Å². The predicted octanol–water partition coefficient (Wildman–Crippen LogP) is 5.45. The van der Waals surface area contributed by atoms with Crippen LogP contribution in [0.3, 0.4) is 0 Å². The number of carbonyl (C=O) groups is 1. The summed E-state index contributed by atoms with van der Waals surface area (Å²) in [6.45, 7) is 0. The monoisotopic (exact) mass is 476 g/mol. The van der Waals surface area contributed by atoms with Gasteiger partial charge in [0.2, 0.25) is 0 Å². The standard InChI is InChI=1S/C22H18Cl2N2O6/c1-30-19-7-6-13(9-21(19)31-2)20(10-16-17(23)11-25-12-18(16)24)32-22(27)14-4-3-5-15(8-14)26(28)29/h3-9,11-12,20H,10H2,1-2H3/t20-/m0/s1. The number of halogens is 2. The molecule has 2 aromatic carbocycles. The van der Waals surface area contributed by atoms with Gasteiger partial charge < -0.3 is 14.2 Å². The molecule has 3 aromatic rings. The first-order valence-corrected chi connectivity index (χ1v) is 10.0. The van der Waals surface area contributed by atoms with Crippen molar-refractivity contribution in [2.45, 2.75) is 12.5 Å². The van der Waals surface area contributed by atoms with Crippen LogP contribution in [0.25, 0.3) is 0 Å². The molecule has 0 aliphatic heterocycles. The van der Waals surface area contributed by atoms with Crippen LogP contribution < -0.4 is 9.47 Å². The van der Waals surface area contributed by atoms with Crippen LogP contribution in [0.1, 0.15) is 27.6 Å². The molecule has 0 aliphatic rings. The number of esters is 1. The minimum Gasteiger partial charge on any atom is -0.493 e. The van der Waals surface area contributed by atoms with Crippen molar-refractivity contribution in [2.75, 3.05) is 14.2 Å². The first kappa shape index (κ1) is 23.3. The van der Waals surface area contributed by atoms with Crippen molar-refractivity contribution >= 4 is 34.9 Å². The lowest BCUT2D eigenvalue weighted by Gasteiger charge is -2.21. The first-order chi connectivity index (χ1) is 15.3. The van der Waals surface area contributed by atoms with Crippen molar-refractivity contribution in [1.29, 1.82) is 0 Å². The Morgan fingerprint density at radius 1 is 1.06 bits per heavy atom. The number of nitro groups is 1. The van der Waals surface area contributed by atoms with Gasteiger partial charge in [0.05, 0.1) is 34.8 Å². The number of rotatable bonds is 8. The van der Waals surface area contributed by atoms with Crippen LogP contribution in [-0.4, -0.2) is 30.1 Å². The Hall–Kier alpha value is -3.36. The molecule has 10 heteroatoms. The summed E-state index contributed by atoms with van der Waals surface area (Å²) in [5.41, 5.74) is 0.944. The third-order valence-electron chi connectivity index (χ3n) is 4.66. The maximum atomic E-state index is 12.9. The number of pyridine rings is 1. The average molecular weight is 477 g/mol. The maximum absolute atomic E-state index is 12.9. The largest absolute Gasteiger partial charge is 0.493 e. The molecular weight excluding hydrogens is 459 g/mol. The second-order valence-electron chi connectivity index (χ2n) is 6.60. The lowest BCUT2D eigenvalue weighted by molar-refractivity contribution is -0.384. The van der Waals surface area contributed by atoms with Crippen molar-refractivity contribution in [1.82, 2.24) is 4.98 Å². The fourth-order valence-corrected chi connectivity index (χ4v) is 3.56. The van der Waals surface area contributed by atoms with Gasteiger partial charge in [-0.05, 0) is 29.3 Å². The summed E-state index contributed by atoms with van der Waals surface area (Å²) in [5, 5.41) is 11.7. The Bertz CT molecular complexity index is 1130. The number of non-ortho nitro benzene ring substituents is 1. The van der Waals surface area contributed by atoms with Crippen LogP contribution in [0.2, 0.25) is 10.0 Å². The molecular formula is C22H18Cl2N2O6. The minimum absolute atomic E-state index is 0.0385. The molecule has 0 bridgehead atoms. The molecule has 0 N–H and O–H groups in total. The molecule has 0 radical (unpaired) electrons. The van der Waals surface area contributed by atoms with Crippen LogP contribution in [0.5, 0.6) is 11.5 Å². The van der Waals surface area contributed by atoms with Crippen LogP contribution in [0.15, 0.2) is 54.9 Å². The topological polar surface area (TPSA) is 101 Å². The highest BCUT2D eigenvalue weighted by Crippen LogP contribution is 2.35. The normalized spacial score (nSPS) is 11.5. The van der Waals surface area contributed by atoms with E-state index in [-0.39, 0.29) is 17.7 Å². The summed E-state index contributed by atoms with van der Waals surface area (Å²) in [6, 6.07) is 10.4. The van der Waals surface area contributed by atoms with Gasteiger partial charge in [0.25, 0.3) is 5.69 Å². The third kappa shape index (κ3) is 5.27. The Balaban J connectivity index is 1.99. The molecule has 32 heavy (non-hydrogen) atoms. The van der Waals surface area contributed by atoms with E-state index in [1.807, 2.05) is 0 Å². The smallest absolute Gasteiger partial charge is 0.339 e. The predicted molar refractivity (Wildman–Crippen MR) is 119 cm³/mol. The fourth-order valence-electron chi connectivity index (χ4n) is 3.04. The van der Waals surface area contributed by atoms with Gasteiger partial charge in [0.1, 0.15) is 6.10 Å². The molecule has 0 saturated carbocycles. The zero-order valence-electron chi connectivity index (χ0n) is 17.1. The van der Waals surface area contributed by atoms with Crippen molar-refractivity contribution in [3.63, 3.8) is 0 Å². The van der Waals surface area contributed by atoms with Crippen molar-refractivity contribution in [2.24, 2.45) is 0 Å². The van der Waals surface area contributed by atoms with E-state index in [4.69, 9.17) is 37.4 Å². The van der Waals surface area contributed by atoms with Gasteiger partial charge >= 0.3 is 5.97 Å². The number of carbonyl (C=O) groups excluding carboxylic acids is 1. The Morgan fingerprint density at radius 2 is 1.75 bits per heavy atom. The highest BCUT2D eigenvalue weighted by atomic mass is 35.5. The summed E-state index contributed by atoms with van der Waals surface area (Å²) in [4.78, 5) is 27.3. The fraction of sp³-hybridized carbons (Fsp3) is 0.182. The summed E-state index contributed by atoms with van der Waals surface area (Å²) in [6.07, 6.45) is 2.18. The molecule has 0 unspecified atom stereocenters. The van der Waals surface area contributed by atoms with Crippen LogP contribution >= 0.6 is 23.2 Å². The summed E-state index contributed by atoms with van der Waals surface area (Å²) < 4.78 is 16.4. The number of benzene rings is 2. The SMILES string of the molecule is COc1ccc([C@H](Cc2c(Cl)cncc2Cl)OC(=O)c2cccc([N+](=O)[O-])c2)cc1OC. The molecule has 0 fully saturated rings. The van der Waals surface area contributed by atoms with E-state index in [0.29, 0.717) is 32.7 Å². The van der Waals surface area contributed by atoms with Gasteiger partial charge in [-0.25, -0.2) is 4.79 Å². The molecule has 166 valence electrons. The molecule has 0 amide bonds. The highest BCUT2D eigenvalue weighted by Gasteiger charge is 2.24. The molecule has 8 nitrogen and oxygen atoms in total. The van der Waals surface area contributed by atoms with Gasteiger partial charge in [-0.15, -0.1) is 0 Å². The van der Waals surface area contributed by atoms with Gasteiger partial charge in [-0.1, -0.05) is 35.3 Å². The molecule has 1 aromatic heterocycles. The number of methoxy groups -OCH3 is 2.